The highest BCUT2D eigenvalue weighted by molar-refractivity contribution is 6.31. The van der Waals surface area contributed by atoms with Gasteiger partial charge in [-0.1, -0.05) is 17.7 Å². The fourth-order valence-corrected chi connectivity index (χ4v) is 4.08. The first-order valence-electron chi connectivity index (χ1n) is 9.06. The quantitative estimate of drug-likeness (QED) is 0.574. The Morgan fingerprint density at radius 2 is 2.11 bits per heavy atom. The monoisotopic (exact) mass is 379 g/mol. The lowest BCUT2D eigenvalue weighted by Gasteiger charge is -2.31. The molecule has 0 bridgehead atoms. The summed E-state index contributed by atoms with van der Waals surface area (Å²) < 4.78 is 2.02. The van der Waals surface area contributed by atoms with E-state index in [0.29, 0.717) is 17.3 Å². The highest BCUT2D eigenvalue weighted by Crippen LogP contribution is 2.28. The van der Waals surface area contributed by atoms with Crippen LogP contribution in [0.1, 0.15) is 35.1 Å². The van der Waals surface area contributed by atoms with Crippen molar-refractivity contribution >= 4 is 34.1 Å². The molecule has 3 aromatic heterocycles. The van der Waals surface area contributed by atoms with Crippen molar-refractivity contribution in [2.24, 2.45) is 0 Å². The molecule has 1 aliphatic heterocycles. The van der Waals surface area contributed by atoms with E-state index >= 15 is 0 Å². The molecule has 4 heterocycles. The zero-order valence-electron chi connectivity index (χ0n) is 14.6. The van der Waals surface area contributed by atoms with Gasteiger partial charge in [0.25, 0.3) is 5.91 Å². The topological polar surface area (TPSA) is 66.3 Å². The number of nitrogens with zero attached hydrogens (tertiary/aromatic N) is 4. The molecule has 1 saturated heterocycles. The molecule has 1 atom stereocenters. The minimum atomic E-state index is 0.0147. The molecule has 6 nitrogen and oxygen atoms in total. The molecule has 27 heavy (non-hydrogen) atoms. The van der Waals surface area contributed by atoms with E-state index in [-0.39, 0.29) is 11.8 Å². The number of pyridine rings is 1. The van der Waals surface area contributed by atoms with Crippen LogP contribution in [0.2, 0.25) is 5.02 Å². The van der Waals surface area contributed by atoms with Gasteiger partial charge in [0.1, 0.15) is 11.5 Å². The van der Waals surface area contributed by atoms with Gasteiger partial charge < -0.3 is 9.88 Å². The number of benzene rings is 1. The van der Waals surface area contributed by atoms with Crippen molar-refractivity contribution in [3.8, 4) is 0 Å². The van der Waals surface area contributed by atoms with E-state index in [1.165, 1.54) is 0 Å². The fraction of sp³-hybridized carbons (Fsp3) is 0.250. The van der Waals surface area contributed by atoms with Crippen molar-refractivity contribution in [3.63, 3.8) is 0 Å². The summed E-state index contributed by atoms with van der Waals surface area (Å²) in [4.78, 5) is 18.2. The number of aromatic amines is 1. The van der Waals surface area contributed by atoms with Crippen LogP contribution in [0.15, 0.2) is 48.7 Å². The van der Waals surface area contributed by atoms with E-state index in [1.807, 2.05) is 58.0 Å². The smallest absolute Gasteiger partial charge is 0.270 e. The number of rotatable bonds is 2. The number of carbonyl (C=O) groups is 1. The van der Waals surface area contributed by atoms with E-state index in [9.17, 15) is 4.79 Å². The van der Waals surface area contributed by atoms with Gasteiger partial charge in [0.2, 0.25) is 0 Å². The molecule has 5 rings (SSSR count). The van der Waals surface area contributed by atoms with Crippen LogP contribution in [-0.2, 0) is 0 Å². The first-order chi connectivity index (χ1) is 13.2. The van der Waals surface area contributed by atoms with Gasteiger partial charge in [0.05, 0.1) is 0 Å². The molecule has 0 radical (unpaired) electrons. The Hall–Kier alpha value is -2.86. The number of carbonyl (C=O) groups excluding carboxylic acids is 1. The van der Waals surface area contributed by atoms with E-state index < -0.39 is 0 Å². The summed E-state index contributed by atoms with van der Waals surface area (Å²) in [6.07, 6.45) is 3.93. The molecular weight excluding hydrogens is 362 g/mol. The molecule has 7 heteroatoms. The molecule has 4 aromatic rings. The maximum Gasteiger partial charge on any atom is 0.270 e. The number of hydrogen-bond donors (Lipinski definition) is 1. The van der Waals surface area contributed by atoms with Gasteiger partial charge in [-0.25, -0.2) is 0 Å². The number of fused-ring (bicyclic) bond motifs is 2. The number of nitrogens with one attached hydrogen (secondary N) is 1. The van der Waals surface area contributed by atoms with Gasteiger partial charge >= 0.3 is 0 Å². The maximum absolute atomic E-state index is 13.1. The molecule has 0 aliphatic carbocycles. The molecule has 1 unspecified atom stereocenters. The van der Waals surface area contributed by atoms with Crippen LogP contribution in [0.3, 0.4) is 0 Å². The van der Waals surface area contributed by atoms with Crippen molar-refractivity contribution < 1.29 is 4.79 Å². The van der Waals surface area contributed by atoms with Crippen molar-refractivity contribution in [3.05, 3.63) is 65.2 Å². The van der Waals surface area contributed by atoms with Crippen LogP contribution in [0.4, 0.5) is 0 Å². The number of amides is 1. The minimum Gasteiger partial charge on any atom is -0.351 e. The Labute approximate surface area is 160 Å². The number of likely N-dealkylation sites (tertiary alicyclic amines) is 1. The van der Waals surface area contributed by atoms with Crippen LogP contribution in [0.25, 0.3) is 16.6 Å². The fourth-order valence-electron chi connectivity index (χ4n) is 3.90. The molecule has 1 N–H and O–H groups in total. The Kier molecular flexibility index (Phi) is 3.86. The van der Waals surface area contributed by atoms with Crippen LogP contribution in [0, 0.1) is 0 Å². The van der Waals surface area contributed by atoms with Crippen molar-refractivity contribution in [2.75, 3.05) is 13.1 Å². The highest BCUT2D eigenvalue weighted by Gasteiger charge is 2.29. The van der Waals surface area contributed by atoms with Crippen LogP contribution in [0.5, 0.6) is 0 Å². The molecule has 0 saturated carbocycles. The van der Waals surface area contributed by atoms with E-state index in [1.54, 1.807) is 0 Å². The summed E-state index contributed by atoms with van der Waals surface area (Å²) in [5.41, 5.74) is 2.35. The zero-order chi connectivity index (χ0) is 18.4. The number of halogens is 1. The summed E-state index contributed by atoms with van der Waals surface area (Å²) in [7, 11) is 0. The Morgan fingerprint density at radius 1 is 1.19 bits per heavy atom. The average Bonchev–Trinajstić information content (AvgIpc) is 3.31. The largest absolute Gasteiger partial charge is 0.351 e. The Morgan fingerprint density at radius 3 is 3.04 bits per heavy atom. The van der Waals surface area contributed by atoms with E-state index in [0.717, 1.165) is 41.8 Å². The van der Waals surface area contributed by atoms with Crippen LogP contribution < -0.4 is 0 Å². The molecule has 1 amide bonds. The van der Waals surface area contributed by atoms with Crippen molar-refractivity contribution in [2.45, 2.75) is 18.8 Å². The summed E-state index contributed by atoms with van der Waals surface area (Å²) >= 11 is 6.06. The lowest BCUT2D eigenvalue weighted by atomic mass is 9.97. The zero-order valence-corrected chi connectivity index (χ0v) is 15.4. The second-order valence-electron chi connectivity index (χ2n) is 6.99. The summed E-state index contributed by atoms with van der Waals surface area (Å²) in [6, 6.07) is 13.3. The molecular formula is C20H18ClN5O. The Bertz CT molecular complexity index is 1150. The lowest BCUT2D eigenvalue weighted by Crippen LogP contribution is -2.39. The highest BCUT2D eigenvalue weighted by atomic mass is 35.5. The van der Waals surface area contributed by atoms with Crippen LogP contribution >= 0.6 is 11.6 Å². The second kappa shape index (κ2) is 6.39. The third kappa shape index (κ3) is 2.86. The van der Waals surface area contributed by atoms with Gasteiger partial charge in [0.15, 0.2) is 5.65 Å². The average molecular weight is 380 g/mol. The van der Waals surface area contributed by atoms with Crippen molar-refractivity contribution in [1.82, 2.24) is 24.5 Å². The lowest BCUT2D eigenvalue weighted by molar-refractivity contribution is 0.0699. The van der Waals surface area contributed by atoms with Gasteiger partial charge in [-0.05, 0) is 49.2 Å². The summed E-state index contributed by atoms with van der Waals surface area (Å²) in [5, 5.41) is 10.2. The van der Waals surface area contributed by atoms with E-state index in [4.69, 9.17) is 11.6 Å². The number of aromatic nitrogens is 4. The van der Waals surface area contributed by atoms with Gasteiger partial charge in [-0.3, -0.25) is 9.20 Å². The molecule has 1 aromatic carbocycles. The predicted molar refractivity (Wildman–Crippen MR) is 104 cm³/mol. The van der Waals surface area contributed by atoms with Crippen LogP contribution in [-0.4, -0.2) is 43.5 Å². The number of piperidine rings is 1. The van der Waals surface area contributed by atoms with Gasteiger partial charge in [0, 0.05) is 41.1 Å². The molecule has 0 spiro atoms. The number of H-pyrrole nitrogens is 1. The van der Waals surface area contributed by atoms with Gasteiger partial charge in [-0.2, -0.15) is 0 Å². The second-order valence-corrected chi connectivity index (χ2v) is 7.43. The first kappa shape index (κ1) is 16.3. The third-order valence-electron chi connectivity index (χ3n) is 5.23. The van der Waals surface area contributed by atoms with Gasteiger partial charge in [-0.15, -0.1) is 10.2 Å². The molecule has 1 aliphatic rings. The molecule has 136 valence electrons. The van der Waals surface area contributed by atoms with Crippen molar-refractivity contribution in [1.29, 1.82) is 0 Å². The van der Waals surface area contributed by atoms with E-state index in [2.05, 4.69) is 15.2 Å². The predicted octanol–water partition coefficient (Wildman–Crippen LogP) is 3.88. The third-order valence-corrected chi connectivity index (χ3v) is 5.46. The maximum atomic E-state index is 13.1. The number of hydrogen-bond acceptors (Lipinski definition) is 3. The Balaban J connectivity index is 1.42. The normalized spacial score (nSPS) is 17.7. The summed E-state index contributed by atoms with van der Waals surface area (Å²) in [5.74, 6) is 1.12. The first-order valence-corrected chi connectivity index (χ1v) is 9.44. The minimum absolute atomic E-state index is 0.0147. The summed E-state index contributed by atoms with van der Waals surface area (Å²) in [6.45, 7) is 1.40. The standard InChI is InChI=1S/C20H18ClN5O/c21-15-6-7-16-14(10-15)11-17(22-16)20(27)25-8-3-4-13(12-25)19-24-23-18-5-1-2-9-26(18)19/h1-2,5-7,9-11,13,22H,3-4,8,12H2. The SMILES string of the molecule is O=C(c1cc2cc(Cl)ccc2[nH]1)N1CCCC(c2nnc3ccccn23)C1. The molecule has 1 fully saturated rings.